The number of fused-ring (bicyclic) bond motifs is 1. The van der Waals surface area contributed by atoms with Gasteiger partial charge in [-0.3, -0.25) is 0 Å². The Morgan fingerprint density at radius 2 is 2.28 bits per heavy atom. The molecule has 1 fully saturated rings. The predicted molar refractivity (Wildman–Crippen MR) is 73.5 cm³/mol. The first-order chi connectivity index (χ1) is 8.83. The van der Waals surface area contributed by atoms with Gasteiger partial charge in [0, 0.05) is 24.0 Å². The lowest BCUT2D eigenvalue weighted by atomic mass is 10.1. The molecular formula is C15H20N2O. The van der Waals surface area contributed by atoms with Gasteiger partial charge in [-0.05, 0) is 38.5 Å². The van der Waals surface area contributed by atoms with E-state index >= 15 is 0 Å². The van der Waals surface area contributed by atoms with Crippen molar-refractivity contribution in [2.24, 2.45) is 5.92 Å². The first-order valence-electron chi connectivity index (χ1n) is 6.67. The van der Waals surface area contributed by atoms with Crippen molar-refractivity contribution in [1.29, 1.82) is 0 Å². The summed E-state index contributed by atoms with van der Waals surface area (Å²) in [6.07, 6.45) is 3.19. The highest BCUT2D eigenvalue weighted by molar-refractivity contribution is 5.80. The summed E-state index contributed by atoms with van der Waals surface area (Å²) in [7, 11) is 2.20. The van der Waals surface area contributed by atoms with Crippen molar-refractivity contribution in [2.75, 3.05) is 26.7 Å². The predicted octanol–water partition coefficient (Wildman–Crippen LogP) is 2.47. The number of hydrogen-bond acceptors (Lipinski definition) is 3. The number of benzene rings is 1. The molecule has 2 aromatic rings. The van der Waals surface area contributed by atoms with Gasteiger partial charge in [0.05, 0.1) is 6.26 Å². The summed E-state index contributed by atoms with van der Waals surface area (Å²) >= 11 is 0. The fourth-order valence-corrected chi connectivity index (χ4v) is 2.77. The zero-order chi connectivity index (χ0) is 12.4. The molecule has 1 unspecified atom stereocenters. The molecule has 1 aromatic carbocycles. The fraction of sp³-hybridized carbons (Fsp3) is 0.467. The maximum absolute atomic E-state index is 5.54. The van der Waals surface area contributed by atoms with Crippen molar-refractivity contribution < 1.29 is 4.42 Å². The molecule has 1 N–H and O–H groups in total. The summed E-state index contributed by atoms with van der Waals surface area (Å²) in [6.45, 7) is 4.46. The summed E-state index contributed by atoms with van der Waals surface area (Å²) in [6, 6.07) is 8.22. The SMILES string of the molecule is CN1CCC(CNCc2coc3ccccc23)C1. The van der Waals surface area contributed by atoms with Gasteiger partial charge in [0.15, 0.2) is 0 Å². The number of hydrogen-bond donors (Lipinski definition) is 1. The molecule has 1 aliphatic heterocycles. The second kappa shape index (κ2) is 5.12. The van der Waals surface area contributed by atoms with Crippen LogP contribution in [0.15, 0.2) is 34.9 Å². The third-order valence-electron chi connectivity index (χ3n) is 3.80. The van der Waals surface area contributed by atoms with Crippen LogP contribution in [0, 0.1) is 5.92 Å². The summed E-state index contributed by atoms with van der Waals surface area (Å²) < 4.78 is 5.54. The first-order valence-corrected chi connectivity index (χ1v) is 6.67. The molecule has 0 saturated carbocycles. The van der Waals surface area contributed by atoms with Crippen LogP contribution in [0.25, 0.3) is 11.0 Å². The first kappa shape index (κ1) is 11.8. The molecule has 0 bridgehead atoms. The smallest absolute Gasteiger partial charge is 0.134 e. The maximum atomic E-state index is 5.54. The molecule has 96 valence electrons. The van der Waals surface area contributed by atoms with Gasteiger partial charge in [0.1, 0.15) is 5.58 Å². The van der Waals surface area contributed by atoms with Crippen LogP contribution in [0.4, 0.5) is 0 Å². The molecule has 3 nitrogen and oxygen atoms in total. The Labute approximate surface area is 108 Å². The minimum absolute atomic E-state index is 0.799. The summed E-state index contributed by atoms with van der Waals surface area (Å²) in [5.74, 6) is 0.799. The minimum atomic E-state index is 0.799. The van der Waals surface area contributed by atoms with Crippen LogP contribution in [-0.2, 0) is 6.54 Å². The quantitative estimate of drug-likeness (QED) is 0.895. The lowest BCUT2D eigenvalue weighted by molar-refractivity contribution is 0.388. The topological polar surface area (TPSA) is 28.4 Å². The van der Waals surface area contributed by atoms with Crippen LogP contribution in [0.3, 0.4) is 0 Å². The molecule has 1 aromatic heterocycles. The average Bonchev–Trinajstić information content (AvgIpc) is 2.97. The number of likely N-dealkylation sites (tertiary alicyclic amines) is 1. The molecule has 1 aliphatic rings. The monoisotopic (exact) mass is 244 g/mol. The van der Waals surface area contributed by atoms with Gasteiger partial charge in [-0.25, -0.2) is 0 Å². The average molecular weight is 244 g/mol. The molecule has 2 heterocycles. The molecule has 1 atom stereocenters. The van der Waals surface area contributed by atoms with E-state index in [0.29, 0.717) is 0 Å². The van der Waals surface area contributed by atoms with E-state index in [1.165, 1.54) is 30.5 Å². The number of nitrogens with one attached hydrogen (secondary N) is 1. The van der Waals surface area contributed by atoms with E-state index in [9.17, 15) is 0 Å². The second-order valence-electron chi connectivity index (χ2n) is 5.30. The Hall–Kier alpha value is -1.32. The standard InChI is InChI=1S/C15H20N2O/c1-17-7-6-12(10-17)8-16-9-13-11-18-15-5-3-2-4-14(13)15/h2-5,11-12,16H,6-10H2,1H3. The van der Waals surface area contributed by atoms with E-state index in [-0.39, 0.29) is 0 Å². The molecular weight excluding hydrogens is 224 g/mol. The van der Waals surface area contributed by atoms with Crippen LogP contribution in [0.1, 0.15) is 12.0 Å². The Morgan fingerprint density at radius 3 is 3.11 bits per heavy atom. The normalized spacial score (nSPS) is 20.8. The Morgan fingerprint density at radius 1 is 1.39 bits per heavy atom. The zero-order valence-electron chi connectivity index (χ0n) is 10.9. The molecule has 0 aliphatic carbocycles. The molecule has 0 spiro atoms. The number of furan rings is 1. The Balaban J connectivity index is 1.57. The van der Waals surface area contributed by atoms with Gasteiger partial charge >= 0.3 is 0 Å². The van der Waals surface area contributed by atoms with Crippen molar-refractivity contribution in [1.82, 2.24) is 10.2 Å². The zero-order valence-corrected chi connectivity index (χ0v) is 10.9. The second-order valence-corrected chi connectivity index (χ2v) is 5.30. The van der Waals surface area contributed by atoms with E-state index in [1.54, 1.807) is 0 Å². The number of nitrogens with zero attached hydrogens (tertiary/aromatic N) is 1. The third kappa shape index (κ3) is 2.42. The van der Waals surface area contributed by atoms with Crippen molar-refractivity contribution in [2.45, 2.75) is 13.0 Å². The molecule has 3 rings (SSSR count). The maximum Gasteiger partial charge on any atom is 0.134 e. The Kier molecular flexibility index (Phi) is 3.35. The summed E-state index contributed by atoms with van der Waals surface area (Å²) in [4.78, 5) is 2.40. The van der Waals surface area contributed by atoms with Crippen LogP contribution in [0.2, 0.25) is 0 Å². The van der Waals surface area contributed by atoms with E-state index in [0.717, 1.165) is 24.6 Å². The summed E-state index contributed by atoms with van der Waals surface area (Å²) in [5.41, 5.74) is 2.24. The molecule has 0 radical (unpaired) electrons. The van der Waals surface area contributed by atoms with Crippen molar-refractivity contribution in [3.8, 4) is 0 Å². The largest absolute Gasteiger partial charge is 0.464 e. The number of rotatable bonds is 4. The lowest BCUT2D eigenvalue weighted by Gasteiger charge is -2.11. The van der Waals surface area contributed by atoms with Gasteiger partial charge in [0.25, 0.3) is 0 Å². The summed E-state index contributed by atoms with van der Waals surface area (Å²) in [5, 5.41) is 4.79. The minimum Gasteiger partial charge on any atom is -0.464 e. The van der Waals surface area contributed by atoms with Gasteiger partial charge in [-0.2, -0.15) is 0 Å². The van der Waals surface area contributed by atoms with Crippen LogP contribution < -0.4 is 5.32 Å². The van der Waals surface area contributed by atoms with Crippen molar-refractivity contribution >= 4 is 11.0 Å². The fourth-order valence-electron chi connectivity index (χ4n) is 2.77. The molecule has 0 amide bonds. The Bertz CT molecular complexity index is 520. The van der Waals surface area contributed by atoms with Crippen LogP contribution in [-0.4, -0.2) is 31.6 Å². The third-order valence-corrected chi connectivity index (χ3v) is 3.80. The van der Waals surface area contributed by atoms with Crippen molar-refractivity contribution in [3.63, 3.8) is 0 Å². The number of para-hydroxylation sites is 1. The van der Waals surface area contributed by atoms with Gasteiger partial charge in [-0.1, -0.05) is 18.2 Å². The van der Waals surface area contributed by atoms with Crippen LogP contribution >= 0.6 is 0 Å². The van der Waals surface area contributed by atoms with E-state index in [2.05, 4.69) is 29.4 Å². The van der Waals surface area contributed by atoms with E-state index < -0.39 is 0 Å². The van der Waals surface area contributed by atoms with E-state index in [1.807, 2.05) is 18.4 Å². The molecule has 1 saturated heterocycles. The van der Waals surface area contributed by atoms with Gasteiger partial charge in [0.2, 0.25) is 0 Å². The molecule has 3 heteroatoms. The molecule has 18 heavy (non-hydrogen) atoms. The van der Waals surface area contributed by atoms with Gasteiger partial charge in [-0.15, -0.1) is 0 Å². The van der Waals surface area contributed by atoms with Crippen molar-refractivity contribution in [3.05, 3.63) is 36.1 Å². The van der Waals surface area contributed by atoms with Crippen LogP contribution in [0.5, 0.6) is 0 Å². The highest BCUT2D eigenvalue weighted by Gasteiger charge is 2.18. The highest BCUT2D eigenvalue weighted by atomic mass is 16.3. The highest BCUT2D eigenvalue weighted by Crippen LogP contribution is 2.20. The van der Waals surface area contributed by atoms with Gasteiger partial charge < -0.3 is 14.6 Å². The lowest BCUT2D eigenvalue weighted by Crippen LogP contribution is -2.24. The van der Waals surface area contributed by atoms with E-state index in [4.69, 9.17) is 4.42 Å².